The number of carbonyl (C=O) groups is 1. The number of ether oxygens (including phenoxy) is 3. The average molecular weight is 390 g/mol. The highest BCUT2D eigenvalue weighted by Gasteiger charge is 2.35. The maximum atomic E-state index is 12.8. The molecule has 2 aromatic rings. The van der Waals surface area contributed by atoms with Gasteiger partial charge in [0.25, 0.3) is 5.91 Å². The molecule has 0 unspecified atom stereocenters. The molecular formula is C21H24ClNO4. The molecule has 1 N–H and O–H groups in total. The summed E-state index contributed by atoms with van der Waals surface area (Å²) < 4.78 is 17.1. The zero-order valence-corrected chi connectivity index (χ0v) is 16.7. The highest BCUT2D eigenvalue weighted by Crippen LogP contribution is 2.41. The Bertz CT molecular complexity index is 837. The summed E-state index contributed by atoms with van der Waals surface area (Å²) in [5.41, 5.74) is 0.499. The van der Waals surface area contributed by atoms with Crippen molar-refractivity contribution in [1.29, 1.82) is 0 Å². The second kappa shape index (κ2) is 7.69. The van der Waals surface area contributed by atoms with Crippen LogP contribution in [0.1, 0.15) is 38.8 Å². The summed E-state index contributed by atoms with van der Waals surface area (Å²) >= 11 is 6.12. The van der Waals surface area contributed by atoms with Crippen LogP contribution < -0.4 is 19.5 Å². The molecule has 1 aliphatic heterocycles. The summed E-state index contributed by atoms with van der Waals surface area (Å²) in [6.07, 6.45) is -0.0533. The lowest BCUT2D eigenvalue weighted by Gasteiger charge is -2.38. The number of amides is 1. The van der Waals surface area contributed by atoms with Gasteiger partial charge in [-0.1, -0.05) is 23.7 Å². The Kier molecular flexibility index (Phi) is 5.51. The van der Waals surface area contributed by atoms with Gasteiger partial charge in [-0.2, -0.15) is 0 Å². The van der Waals surface area contributed by atoms with Gasteiger partial charge in [-0.15, -0.1) is 0 Å². The Hall–Kier alpha value is -2.40. The minimum atomic E-state index is -0.690. The number of fused-ring (bicyclic) bond motifs is 1. The molecular weight excluding hydrogens is 366 g/mol. The minimum Gasteiger partial charge on any atom is -0.497 e. The first-order valence-corrected chi connectivity index (χ1v) is 9.25. The number of benzene rings is 2. The molecule has 27 heavy (non-hydrogen) atoms. The molecule has 0 fully saturated rings. The highest BCUT2D eigenvalue weighted by atomic mass is 35.5. The van der Waals surface area contributed by atoms with E-state index in [1.165, 1.54) is 0 Å². The van der Waals surface area contributed by atoms with E-state index in [0.717, 1.165) is 17.1 Å². The lowest BCUT2D eigenvalue weighted by atomic mass is 9.89. The van der Waals surface area contributed by atoms with Gasteiger partial charge < -0.3 is 19.5 Å². The van der Waals surface area contributed by atoms with Crippen LogP contribution in [0.4, 0.5) is 0 Å². The maximum Gasteiger partial charge on any atom is 0.261 e. The largest absolute Gasteiger partial charge is 0.497 e. The molecule has 3 rings (SSSR count). The summed E-state index contributed by atoms with van der Waals surface area (Å²) in [6, 6.07) is 12.5. The van der Waals surface area contributed by atoms with Crippen molar-refractivity contribution in [3.8, 4) is 17.2 Å². The highest BCUT2D eigenvalue weighted by molar-refractivity contribution is 6.32. The van der Waals surface area contributed by atoms with Crippen LogP contribution in [0.25, 0.3) is 0 Å². The number of para-hydroxylation sites is 1. The van der Waals surface area contributed by atoms with Gasteiger partial charge in [-0.25, -0.2) is 0 Å². The van der Waals surface area contributed by atoms with Gasteiger partial charge in [0.1, 0.15) is 22.8 Å². The fraction of sp³-hybridized carbons (Fsp3) is 0.381. The molecule has 0 spiro atoms. The molecule has 2 atom stereocenters. The second-order valence-electron chi connectivity index (χ2n) is 7.22. The lowest BCUT2D eigenvalue weighted by molar-refractivity contribution is -0.128. The molecule has 0 saturated carbocycles. The Labute approximate surface area is 164 Å². The predicted octanol–water partition coefficient (Wildman–Crippen LogP) is 4.53. The van der Waals surface area contributed by atoms with Crippen molar-refractivity contribution in [3.05, 3.63) is 53.1 Å². The first kappa shape index (κ1) is 19.4. The number of nitrogens with one attached hydrogen (secondary N) is 1. The molecule has 0 bridgehead atoms. The van der Waals surface area contributed by atoms with Crippen LogP contribution in [-0.2, 0) is 4.79 Å². The van der Waals surface area contributed by atoms with Crippen LogP contribution in [-0.4, -0.2) is 24.7 Å². The fourth-order valence-corrected chi connectivity index (χ4v) is 3.34. The van der Waals surface area contributed by atoms with E-state index >= 15 is 0 Å². The van der Waals surface area contributed by atoms with Gasteiger partial charge >= 0.3 is 0 Å². The molecule has 0 aromatic heterocycles. The molecule has 6 heteroatoms. The minimum absolute atomic E-state index is 0.205. The van der Waals surface area contributed by atoms with Gasteiger partial charge in [0.05, 0.1) is 18.2 Å². The third-order valence-electron chi connectivity index (χ3n) is 4.50. The van der Waals surface area contributed by atoms with E-state index in [2.05, 4.69) is 5.32 Å². The van der Waals surface area contributed by atoms with E-state index in [-0.39, 0.29) is 11.9 Å². The Morgan fingerprint density at radius 3 is 2.74 bits per heavy atom. The van der Waals surface area contributed by atoms with Crippen molar-refractivity contribution in [2.75, 3.05) is 7.11 Å². The normalized spacial score (nSPS) is 18.6. The van der Waals surface area contributed by atoms with Crippen molar-refractivity contribution in [3.63, 3.8) is 0 Å². The third-order valence-corrected chi connectivity index (χ3v) is 4.81. The zero-order valence-electron chi connectivity index (χ0n) is 15.9. The molecule has 0 saturated heterocycles. The molecule has 5 nitrogen and oxygen atoms in total. The number of hydrogen-bond donors (Lipinski definition) is 1. The van der Waals surface area contributed by atoms with E-state index in [0.29, 0.717) is 17.2 Å². The molecule has 0 radical (unpaired) electrons. The van der Waals surface area contributed by atoms with Crippen molar-refractivity contribution in [1.82, 2.24) is 5.32 Å². The first-order chi connectivity index (χ1) is 12.8. The summed E-state index contributed by atoms with van der Waals surface area (Å²) in [7, 11) is 1.61. The van der Waals surface area contributed by atoms with E-state index in [1.54, 1.807) is 26.2 Å². The van der Waals surface area contributed by atoms with Crippen molar-refractivity contribution < 1.29 is 19.0 Å². The Morgan fingerprint density at radius 2 is 2.04 bits per heavy atom. The summed E-state index contributed by atoms with van der Waals surface area (Å²) in [6.45, 7) is 5.71. The fourth-order valence-electron chi connectivity index (χ4n) is 3.16. The number of halogens is 1. The molecule has 2 aromatic carbocycles. The standard InChI is InChI=1S/C21H24ClNO4/c1-13(26-19-8-6-5-7-16(19)22)20(24)23-17-12-21(2,3)27-18-10-9-14(25-4)11-15(17)18/h5-11,13,17H,12H2,1-4H3,(H,23,24)/t13-,17+/m0/s1. The lowest BCUT2D eigenvalue weighted by Crippen LogP contribution is -2.44. The predicted molar refractivity (Wildman–Crippen MR) is 105 cm³/mol. The van der Waals surface area contributed by atoms with Crippen LogP contribution in [0.3, 0.4) is 0 Å². The third kappa shape index (κ3) is 4.48. The summed E-state index contributed by atoms with van der Waals surface area (Å²) in [4.78, 5) is 12.8. The maximum absolute atomic E-state index is 12.8. The molecule has 1 heterocycles. The second-order valence-corrected chi connectivity index (χ2v) is 7.63. The van der Waals surface area contributed by atoms with Crippen LogP contribution >= 0.6 is 11.6 Å². The Balaban J connectivity index is 1.78. The van der Waals surface area contributed by atoms with Crippen LogP contribution in [0.2, 0.25) is 5.02 Å². The monoisotopic (exact) mass is 389 g/mol. The molecule has 0 aliphatic carbocycles. The Morgan fingerprint density at radius 1 is 1.30 bits per heavy atom. The van der Waals surface area contributed by atoms with E-state index in [4.69, 9.17) is 25.8 Å². The van der Waals surface area contributed by atoms with Crippen molar-refractivity contribution in [2.45, 2.75) is 44.9 Å². The van der Waals surface area contributed by atoms with E-state index in [9.17, 15) is 4.79 Å². The number of methoxy groups -OCH3 is 1. The van der Waals surface area contributed by atoms with Gasteiger partial charge in [0.15, 0.2) is 6.10 Å². The number of carbonyl (C=O) groups excluding carboxylic acids is 1. The van der Waals surface area contributed by atoms with E-state index < -0.39 is 11.7 Å². The smallest absolute Gasteiger partial charge is 0.261 e. The van der Waals surface area contributed by atoms with Gasteiger partial charge in [-0.3, -0.25) is 4.79 Å². The van der Waals surface area contributed by atoms with Gasteiger partial charge in [0.2, 0.25) is 0 Å². The van der Waals surface area contributed by atoms with E-state index in [1.807, 2.05) is 44.2 Å². The first-order valence-electron chi connectivity index (χ1n) is 8.87. The zero-order chi connectivity index (χ0) is 19.6. The summed E-state index contributed by atoms with van der Waals surface area (Å²) in [5.74, 6) is 1.73. The molecule has 1 aliphatic rings. The molecule has 1 amide bonds. The van der Waals surface area contributed by atoms with Gasteiger partial charge in [0, 0.05) is 12.0 Å². The average Bonchev–Trinajstić information content (AvgIpc) is 2.62. The summed E-state index contributed by atoms with van der Waals surface area (Å²) in [5, 5.41) is 3.55. The van der Waals surface area contributed by atoms with Crippen molar-refractivity contribution in [2.24, 2.45) is 0 Å². The number of hydrogen-bond acceptors (Lipinski definition) is 4. The molecule has 144 valence electrons. The topological polar surface area (TPSA) is 56.8 Å². The SMILES string of the molecule is COc1ccc2c(c1)[C@H](NC(=O)[C@H](C)Oc1ccccc1Cl)CC(C)(C)O2. The quantitative estimate of drug-likeness (QED) is 0.815. The van der Waals surface area contributed by atoms with Crippen molar-refractivity contribution >= 4 is 17.5 Å². The van der Waals surface area contributed by atoms with Crippen LogP contribution in [0.15, 0.2) is 42.5 Å². The van der Waals surface area contributed by atoms with Crippen LogP contribution in [0, 0.1) is 0 Å². The van der Waals surface area contributed by atoms with Gasteiger partial charge in [-0.05, 0) is 51.1 Å². The van der Waals surface area contributed by atoms with Crippen LogP contribution in [0.5, 0.6) is 17.2 Å². The number of rotatable bonds is 5.